The van der Waals surface area contributed by atoms with Crippen LogP contribution in [-0.2, 0) is 0 Å². The molecule has 7 heteroatoms. The van der Waals surface area contributed by atoms with Gasteiger partial charge in [0.1, 0.15) is 22.9 Å². The van der Waals surface area contributed by atoms with Crippen LogP contribution in [0.25, 0.3) is 5.69 Å². The number of para-hydroxylation sites is 1. The summed E-state index contributed by atoms with van der Waals surface area (Å²) in [7, 11) is 0. The van der Waals surface area contributed by atoms with Crippen LogP contribution in [0, 0.1) is 5.82 Å². The molecule has 17 heavy (non-hydrogen) atoms. The fraction of sp³-hybridized carbons (Fsp3) is 0. The Morgan fingerprint density at radius 3 is 2.71 bits per heavy atom. The Morgan fingerprint density at radius 2 is 2.18 bits per heavy atom. The smallest absolute Gasteiger partial charge is 0.254 e. The topological polar surface area (TPSA) is 86.9 Å². The van der Waals surface area contributed by atoms with Crippen molar-refractivity contribution in [1.29, 1.82) is 0 Å². The lowest BCUT2D eigenvalue weighted by molar-refractivity contribution is 0.100. The van der Waals surface area contributed by atoms with Gasteiger partial charge < -0.3 is 11.5 Å². The zero-order chi connectivity index (χ0) is 12.6. The molecule has 0 unspecified atom stereocenters. The molecule has 0 bridgehead atoms. The Morgan fingerprint density at radius 1 is 1.47 bits per heavy atom. The number of hydrogen-bond acceptors (Lipinski definition) is 3. The third-order valence-corrected chi connectivity index (χ3v) is 2.53. The Balaban J connectivity index is 2.66. The first-order chi connectivity index (χ1) is 8.02. The van der Waals surface area contributed by atoms with E-state index in [1.807, 2.05) is 0 Å². The van der Waals surface area contributed by atoms with Gasteiger partial charge in [0, 0.05) is 0 Å². The summed E-state index contributed by atoms with van der Waals surface area (Å²) in [4.78, 5) is 11.0. The highest BCUT2D eigenvalue weighted by atomic mass is 35.5. The lowest BCUT2D eigenvalue weighted by Crippen LogP contribution is -2.13. The van der Waals surface area contributed by atoms with Crippen LogP contribution in [-0.4, -0.2) is 15.7 Å². The molecule has 2 aromatic rings. The summed E-state index contributed by atoms with van der Waals surface area (Å²) in [5.74, 6) is -1.38. The number of anilines is 1. The molecule has 0 spiro atoms. The van der Waals surface area contributed by atoms with E-state index >= 15 is 0 Å². The van der Waals surface area contributed by atoms with Crippen LogP contribution in [0.1, 0.15) is 10.4 Å². The number of benzene rings is 1. The van der Waals surface area contributed by atoms with Gasteiger partial charge in [0.05, 0.1) is 11.2 Å². The van der Waals surface area contributed by atoms with E-state index in [1.165, 1.54) is 24.4 Å². The van der Waals surface area contributed by atoms with Crippen LogP contribution in [0.4, 0.5) is 10.2 Å². The van der Waals surface area contributed by atoms with Crippen LogP contribution in [0.3, 0.4) is 0 Å². The fourth-order valence-corrected chi connectivity index (χ4v) is 1.66. The lowest BCUT2D eigenvalue weighted by atomic mass is 10.3. The van der Waals surface area contributed by atoms with Gasteiger partial charge in [-0.25, -0.2) is 9.07 Å². The van der Waals surface area contributed by atoms with E-state index in [1.54, 1.807) is 0 Å². The molecule has 5 nitrogen and oxygen atoms in total. The highest BCUT2D eigenvalue weighted by molar-refractivity contribution is 6.32. The number of nitrogen functional groups attached to an aromatic ring is 1. The normalized spacial score (nSPS) is 10.5. The molecule has 0 aliphatic carbocycles. The number of carbonyl (C=O) groups excluding carboxylic acids is 1. The first-order valence-electron chi connectivity index (χ1n) is 4.60. The molecule has 0 atom stereocenters. The molecule has 1 aromatic heterocycles. The summed E-state index contributed by atoms with van der Waals surface area (Å²) in [6.07, 6.45) is 1.17. The average Bonchev–Trinajstić information content (AvgIpc) is 2.61. The van der Waals surface area contributed by atoms with Gasteiger partial charge in [-0.3, -0.25) is 4.79 Å². The van der Waals surface area contributed by atoms with E-state index in [-0.39, 0.29) is 22.1 Å². The molecule has 0 saturated heterocycles. The number of nitrogens with two attached hydrogens (primary N) is 2. The van der Waals surface area contributed by atoms with Crippen molar-refractivity contribution in [3.63, 3.8) is 0 Å². The molecular formula is C10H8ClFN4O. The molecule has 0 fully saturated rings. The van der Waals surface area contributed by atoms with Crippen molar-refractivity contribution in [2.75, 3.05) is 5.73 Å². The van der Waals surface area contributed by atoms with Crippen molar-refractivity contribution in [2.24, 2.45) is 5.73 Å². The maximum absolute atomic E-state index is 13.6. The third kappa shape index (κ3) is 1.83. The van der Waals surface area contributed by atoms with Crippen LogP contribution in [0.5, 0.6) is 0 Å². The van der Waals surface area contributed by atoms with Gasteiger partial charge in [-0.1, -0.05) is 17.7 Å². The molecule has 4 N–H and O–H groups in total. The molecule has 88 valence electrons. The molecule has 0 saturated carbocycles. The summed E-state index contributed by atoms with van der Waals surface area (Å²) in [6.45, 7) is 0. The number of aromatic nitrogens is 2. The second kappa shape index (κ2) is 4.06. The number of primary amides is 1. The van der Waals surface area contributed by atoms with Gasteiger partial charge in [-0.05, 0) is 12.1 Å². The maximum atomic E-state index is 13.6. The van der Waals surface area contributed by atoms with E-state index in [2.05, 4.69) is 5.10 Å². The maximum Gasteiger partial charge on any atom is 0.254 e. The zero-order valence-corrected chi connectivity index (χ0v) is 9.28. The van der Waals surface area contributed by atoms with Gasteiger partial charge in [-0.15, -0.1) is 0 Å². The first kappa shape index (κ1) is 11.4. The Bertz CT molecular complexity index is 576. The minimum Gasteiger partial charge on any atom is -0.383 e. The first-order valence-corrected chi connectivity index (χ1v) is 4.98. The Labute approximate surface area is 101 Å². The molecule has 1 aromatic carbocycles. The number of hydrogen-bond donors (Lipinski definition) is 2. The number of amides is 1. The monoisotopic (exact) mass is 254 g/mol. The SMILES string of the molecule is NC(=O)c1cnn(-c2c(F)cccc2Cl)c1N. The predicted octanol–water partition coefficient (Wildman–Crippen LogP) is 1.35. The lowest BCUT2D eigenvalue weighted by Gasteiger charge is -2.07. The predicted molar refractivity (Wildman–Crippen MR) is 61.5 cm³/mol. The van der Waals surface area contributed by atoms with Gasteiger partial charge in [-0.2, -0.15) is 5.10 Å². The van der Waals surface area contributed by atoms with E-state index in [9.17, 15) is 9.18 Å². The molecular weight excluding hydrogens is 247 g/mol. The van der Waals surface area contributed by atoms with Crippen molar-refractivity contribution < 1.29 is 9.18 Å². The van der Waals surface area contributed by atoms with Crippen molar-refractivity contribution in [3.8, 4) is 5.69 Å². The van der Waals surface area contributed by atoms with Crippen LogP contribution < -0.4 is 11.5 Å². The summed E-state index contributed by atoms with van der Waals surface area (Å²) < 4.78 is 14.6. The van der Waals surface area contributed by atoms with E-state index in [0.29, 0.717) is 0 Å². The number of carbonyl (C=O) groups is 1. The molecule has 0 radical (unpaired) electrons. The van der Waals surface area contributed by atoms with Gasteiger partial charge in [0.25, 0.3) is 5.91 Å². The fourth-order valence-electron chi connectivity index (χ4n) is 1.42. The van der Waals surface area contributed by atoms with Crippen LogP contribution in [0.2, 0.25) is 5.02 Å². The van der Waals surface area contributed by atoms with Crippen molar-refractivity contribution in [3.05, 3.63) is 40.8 Å². The summed E-state index contributed by atoms with van der Waals surface area (Å²) in [6, 6.07) is 4.16. The number of rotatable bonds is 2. The van der Waals surface area contributed by atoms with Crippen LogP contribution >= 0.6 is 11.6 Å². The summed E-state index contributed by atoms with van der Waals surface area (Å²) >= 11 is 5.85. The van der Waals surface area contributed by atoms with E-state index in [4.69, 9.17) is 23.1 Å². The highest BCUT2D eigenvalue weighted by Crippen LogP contribution is 2.26. The molecule has 1 amide bonds. The van der Waals surface area contributed by atoms with Crippen LogP contribution in [0.15, 0.2) is 24.4 Å². The van der Waals surface area contributed by atoms with Crippen molar-refractivity contribution >= 4 is 23.3 Å². The van der Waals surface area contributed by atoms with Gasteiger partial charge in [0.2, 0.25) is 0 Å². The molecule has 2 rings (SSSR count). The second-order valence-electron chi connectivity index (χ2n) is 3.29. The number of nitrogens with zero attached hydrogens (tertiary/aromatic N) is 2. The Kier molecular flexibility index (Phi) is 2.72. The van der Waals surface area contributed by atoms with Crippen molar-refractivity contribution in [2.45, 2.75) is 0 Å². The van der Waals surface area contributed by atoms with Crippen molar-refractivity contribution in [1.82, 2.24) is 9.78 Å². The van der Waals surface area contributed by atoms with Gasteiger partial charge >= 0.3 is 0 Å². The highest BCUT2D eigenvalue weighted by Gasteiger charge is 2.17. The molecule has 1 heterocycles. The van der Waals surface area contributed by atoms with Gasteiger partial charge in [0.15, 0.2) is 0 Å². The second-order valence-corrected chi connectivity index (χ2v) is 3.70. The molecule has 0 aliphatic heterocycles. The zero-order valence-electron chi connectivity index (χ0n) is 8.52. The minimum atomic E-state index is -0.735. The molecule has 0 aliphatic rings. The number of halogens is 2. The summed E-state index contributed by atoms with van der Waals surface area (Å²) in [5.41, 5.74) is 10.7. The van der Waals surface area contributed by atoms with E-state index in [0.717, 1.165) is 4.68 Å². The standard InChI is InChI=1S/C10H8ClFN4O/c11-6-2-1-3-7(12)8(6)16-9(13)5(4-15-16)10(14)17/h1-4H,13H2,(H2,14,17). The summed E-state index contributed by atoms with van der Waals surface area (Å²) in [5, 5.41) is 3.93. The average molecular weight is 255 g/mol. The Hall–Kier alpha value is -2.08. The minimum absolute atomic E-state index is 0.0147. The quantitative estimate of drug-likeness (QED) is 0.848. The third-order valence-electron chi connectivity index (χ3n) is 2.22. The van der Waals surface area contributed by atoms with E-state index < -0.39 is 11.7 Å². The largest absolute Gasteiger partial charge is 0.383 e.